The van der Waals surface area contributed by atoms with Gasteiger partial charge in [0.05, 0.1) is 6.34 Å². The molecule has 0 aromatic carbocycles. The number of hydrogen-bond acceptors (Lipinski definition) is 5. The van der Waals surface area contributed by atoms with Gasteiger partial charge in [0, 0.05) is 13.6 Å². The largest absolute Gasteiger partial charge is 0.357 e. The highest BCUT2D eigenvalue weighted by atomic mass is 15.2. The van der Waals surface area contributed by atoms with Gasteiger partial charge in [0.15, 0.2) is 5.96 Å². The predicted octanol–water partition coefficient (Wildman–Crippen LogP) is 0.183. The number of hydrogen-bond donors (Lipinski definition) is 3. The van der Waals surface area contributed by atoms with E-state index >= 15 is 0 Å². The van der Waals surface area contributed by atoms with Crippen LogP contribution in [0, 0.1) is 5.92 Å². The molecule has 0 amide bonds. The number of aliphatic imine (C=N–C) groups is 3. The van der Waals surface area contributed by atoms with Crippen molar-refractivity contribution in [3.05, 3.63) is 0 Å². The first-order valence-electron chi connectivity index (χ1n) is 5.90. The van der Waals surface area contributed by atoms with Gasteiger partial charge < -0.3 is 16.0 Å². The SMILES string of the molecule is CN=C1NC(NCC(C)C)=NCNC=NC1C. The van der Waals surface area contributed by atoms with Crippen LogP contribution in [0.3, 0.4) is 0 Å². The quantitative estimate of drug-likeness (QED) is 0.642. The molecule has 1 atom stereocenters. The van der Waals surface area contributed by atoms with Crippen LogP contribution in [-0.2, 0) is 0 Å². The summed E-state index contributed by atoms with van der Waals surface area (Å²) in [6, 6.07) is -0.00310. The highest BCUT2D eigenvalue weighted by molar-refractivity contribution is 6.02. The fourth-order valence-corrected chi connectivity index (χ4v) is 1.31. The molecule has 3 N–H and O–H groups in total. The molecule has 17 heavy (non-hydrogen) atoms. The van der Waals surface area contributed by atoms with E-state index in [9.17, 15) is 0 Å². The van der Waals surface area contributed by atoms with Crippen LogP contribution in [0.4, 0.5) is 0 Å². The number of nitrogens with zero attached hydrogens (tertiary/aromatic N) is 3. The first-order chi connectivity index (χ1) is 8.13. The van der Waals surface area contributed by atoms with Crippen molar-refractivity contribution in [3.8, 4) is 0 Å². The van der Waals surface area contributed by atoms with E-state index in [1.165, 1.54) is 0 Å². The third kappa shape index (κ3) is 4.84. The number of guanidine groups is 1. The zero-order chi connectivity index (χ0) is 12.7. The molecule has 6 nitrogen and oxygen atoms in total. The molecule has 1 aliphatic rings. The summed E-state index contributed by atoms with van der Waals surface area (Å²) in [7, 11) is 1.75. The molecule has 0 fully saturated rings. The van der Waals surface area contributed by atoms with Crippen LogP contribution in [0.1, 0.15) is 20.8 Å². The maximum absolute atomic E-state index is 4.36. The highest BCUT2D eigenvalue weighted by Gasteiger charge is 2.11. The summed E-state index contributed by atoms with van der Waals surface area (Å²) < 4.78 is 0. The van der Waals surface area contributed by atoms with Gasteiger partial charge in [0.2, 0.25) is 0 Å². The van der Waals surface area contributed by atoms with Gasteiger partial charge in [-0.2, -0.15) is 0 Å². The summed E-state index contributed by atoms with van der Waals surface area (Å²) in [4.78, 5) is 12.8. The molecule has 0 saturated heterocycles. The maximum Gasteiger partial charge on any atom is 0.198 e. The summed E-state index contributed by atoms with van der Waals surface area (Å²) in [6.45, 7) is 7.67. The molecule has 0 aromatic rings. The Kier molecular flexibility index (Phi) is 5.45. The Hall–Kier alpha value is -1.59. The summed E-state index contributed by atoms with van der Waals surface area (Å²) in [5, 5.41) is 9.46. The zero-order valence-electron chi connectivity index (χ0n) is 11.0. The lowest BCUT2D eigenvalue weighted by Crippen LogP contribution is -2.45. The fraction of sp³-hybridized carbons (Fsp3) is 0.727. The molecular formula is C11H22N6. The van der Waals surface area contributed by atoms with Crippen LogP contribution in [0.15, 0.2) is 15.0 Å². The number of amidine groups is 1. The second-order valence-electron chi connectivity index (χ2n) is 4.33. The number of nitrogens with one attached hydrogen (secondary N) is 3. The first-order valence-corrected chi connectivity index (χ1v) is 5.90. The van der Waals surface area contributed by atoms with Crippen molar-refractivity contribution in [3.63, 3.8) is 0 Å². The van der Waals surface area contributed by atoms with Gasteiger partial charge in [-0.05, 0) is 12.8 Å². The van der Waals surface area contributed by atoms with Crippen molar-refractivity contribution in [2.45, 2.75) is 26.8 Å². The van der Waals surface area contributed by atoms with Gasteiger partial charge in [-0.25, -0.2) is 4.99 Å². The van der Waals surface area contributed by atoms with Crippen molar-refractivity contribution in [2.75, 3.05) is 20.3 Å². The van der Waals surface area contributed by atoms with Crippen LogP contribution in [0.2, 0.25) is 0 Å². The van der Waals surface area contributed by atoms with Gasteiger partial charge in [0.25, 0.3) is 0 Å². The van der Waals surface area contributed by atoms with Gasteiger partial charge in [-0.1, -0.05) is 13.8 Å². The molecular weight excluding hydrogens is 216 g/mol. The second-order valence-corrected chi connectivity index (χ2v) is 4.33. The third-order valence-electron chi connectivity index (χ3n) is 2.28. The normalized spacial score (nSPS) is 23.2. The molecule has 1 unspecified atom stereocenters. The van der Waals surface area contributed by atoms with Crippen LogP contribution >= 0.6 is 0 Å². The molecule has 1 rings (SSSR count). The molecule has 1 aliphatic heterocycles. The van der Waals surface area contributed by atoms with Gasteiger partial charge in [-0.3, -0.25) is 9.98 Å². The predicted molar refractivity (Wildman–Crippen MR) is 72.7 cm³/mol. The molecule has 96 valence electrons. The molecule has 0 aliphatic carbocycles. The van der Waals surface area contributed by atoms with E-state index in [-0.39, 0.29) is 6.04 Å². The second kappa shape index (κ2) is 6.88. The first kappa shape index (κ1) is 13.5. The Morgan fingerprint density at radius 1 is 1.59 bits per heavy atom. The Morgan fingerprint density at radius 3 is 3.00 bits per heavy atom. The standard InChI is InChI=1S/C11H22N6/c1-8(2)5-14-11-16-7-13-6-15-9(3)10(12-4)17-11/h6,8-9H,5,7H2,1-4H3,(H,13,15)(H2,12,14,16,17). The lowest BCUT2D eigenvalue weighted by Gasteiger charge is -2.16. The van der Waals surface area contributed by atoms with Crippen LogP contribution in [-0.4, -0.2) is 44.4 Å². The summed E-state index contributed by atoms with van der Waals surface area (Å²) >= 11 is 0. The molecule has 0 radical (unpaired) electrons. The molecule has 6 heteroatoms. The van der Waals surface area contributed by atoms with Crippen molar-refractivity contribution < 1.29 is 0 Å². The van der Waals surface area contributed by atoms with Gasteiger partial charge in [0.1, 0.15) is 18.5 Å². The average molecular weight is 238 g/mol. The minimum atomic E-state index is -0.00310. The number of rotatable bonds is 2. The van der Waals surface area contributed by atoms with Crippen LogP contribution in [0.5, 0.6) is 0 Å². The lowest BCUT2D eigenvalue weighted by atomic mass is 10.2. The van der Waals surface area contributed by atoms with Crippen LogP contribution in [0.25, 0.3) is 0 Å². The summed E-state index contributed by atoms with van der Waals surface area (Å²) in [5.74, 6) is 2.11. The monoisotopic (exact) mass is 238 g/mol. The van der Waals surface area contributed by atoms with E-state index in [1.54, 1.807) is 13.4 Å². The van der Waals surface area contributed by atoms with Gasteiger partial charge in [-0.15, -0.1) is 0 Å². The smallest absolute Gasteiger partial charge is 0.198 e. The van der Waals surface area contributed by atoms with Gasteiger partial charge >= 0.3 is 0 Å². The van der Waals surface area contributed by atoms with E-state index in [0.717, 1.165) is 18.3 Å². The topological polar surface area (TPSA) is 73.2 Å². The Bertz CT molecular complexity index is 318. The average Bonchev–Trinajstić information content (AvgIpc) is 2.38. The Labute approximate surface area is 103 Å². The zero-order valence-corrected chi connectivity index (χ0v) is 11.0. The van der Waals surface area contributed by atoms with Crippen molar-refractivity contribution in [2.24, 2.45) is 20.9 Å². The van der Waals surface area contributed by atoms with E-state index in [0.29, 0.717) is 12.6 Å². The maximum atomic E-state index is 4.36. The van der Waals surface area contributed by atoms with Crippen LogP contribution < -0.4 is 16.0 Å². The minimum Gasteiger partial charge on any atom is -0.357 e. The third-order valence-corrected chi connectivity index (χ3v) is 2.28. The Balaban J connectivity index is 2.69. The highest BCUT2D eigenvalue weighted by Crippen LogP contribution is 1.93. The molecule has 0 saturated carbocycles. The molecule has 1 heterocycles. The van der Waals surface area contributed by atoms with E-state index in [4.69, 9.17) is 0 Å². The Morgan fingerprint density at radius 2 is 2.35 bits per heavy atom. The van der Waals surface area contributed by atoms with Crippen molar-refractivity contribution >= 4 is 18.1 Å². The molecule has 0 aromatic heterocycles. The summed E-state index contributed by atoms with van der Waals surface area (Å²) in [6.07, 6.45) is 1.67. The minimum absolute atomic E-state index is 0.00310. The van der Waals surface area contributed by atoms with Crippen molar-refractivity contribution in [1.29, 1.82) is 0 Å². The molecule has 0 bridgehead atoms. The van der Waals surface area contributed by atoms with Crippen molar-refractivity contribution in [1.82, 2.24) is 16.0 Å². The van der Waals surface area contributed by atoms with E-state index in [1.807, 2.05) is 6.92 Å². The summed E-state index contributed by atoms with van der Waals surface area (Å²) in [5.41, 5.74) is 0. The fourth-order valence-electron chi connectivity index (χ4n) is 1.31. The lowest BCUT2D eigenvalue weighted by molar-refractivity contribution is 0.619. The molecule has 0 spiro atoms. The van der Waals surface area contributed by atoms with E-state index in [2.05, 4.69) is 44.8 Å². The van der Waals surface area contributed by atoms with E-state index < -0.39 is 0 Å².